The van der Waals surface area contributed by atoms with E-state index in [4.69, 9.17) is 4.43 Å². The largest absolute Gasteiger partial charge is 0.481 e. The highest BCUT2D eigenvalue weighted by molar-refractivity contribution is 6.74. The summed E-state index contributed by atoms with van der Waals surface area (Å²) in [6, 6.07) is 5.50. The standard InChI is InChI=1S/C27H46N2O5Si/c1-18(2)17-28(22-11-13-23(14-12-22)34-35(8,9)27(5,6)7)24-15-10-21(16-25(24)29(32)33)19(3)20(4)26(30)31/h10,15-16,18-20,22-23H,11-14,17H2,1-9H3,(H,30,31). The maximum Gasteiger partial charge on any atom is 0.306 e. The quantitative estimate of drug-likeness (QED) is 0.205. The van der Waals surface area contributed by atoms with E-state index in [0.29, 0.717) is 17.2 Å². The molecule has 0 bridgehead atoms. The maximum absolute atomic E-state index is 12.1. The molecule has 1 N–H and O–H groups in total. The summed E-state index contributed by atoms with van der Waals surface area (Å²) in [4.78, 5) is 25.5. The van der Waals surface area contributed by atoms with Crippen LogP contribution in [-0.4, -0.2) is 43.0 Å². The molecule has 1 fully saturated rings. The Hall–Kier alpha value is -1.93. The van der Waals surface area contributed by atoms with Gasteiger partial charge in [0.15, 0.2) is 8.32 Å². The number of hydrogen-bond donors (Lipinski definition) is 1. The molecule has 198 valence electrons. The summed E-state index contributed by atoms with van der Waals surface area (Å²) in [5.41, 5.74) is 1.38. The minimum atomic E-state index is -1.83. The van der Waals surface area contributed by atoms with Crippen molar-refractivity contribution in [2.75, 3.05) is 11.4 Å². The van der Waals surface area contributed by atoms with Crippen molar-refractivity contribution in [3.05, 3.63) is 33.9 Å². The Morgan fingerprint density at radius 3 is 2.20 bits per heavy atom. The first-order valence-electron chi connectivity index (χ1n) is 13.0. The Bertz CT molecular complexity index is 888. The fourth-order valence-electron chi connectivity index (χ4n) is 4.62. The molecular weight excluding hydrogens is 460 g/mol. The number of aliphatic carboxylic acids is 1. The number of nitro benzene ring substituents is 1. The average molecular weight is 507 g/mol. The first-order chi connectivity index (χ1) is 16.0. The fourth-order valence-corrected chi connectivity index (χ4v) is 6.04. The lowest BCUT2D eigenvalue weighted by atomic mass is 9.88. The van der Waals surface area contributed by atoms with Gasteiger partial charge >= 0.3 is 5.97 Å². The van der Waals surface area contributed by atoms with Gasteiger partial charge in [-0.15, -0.1) is 0 Å². The molecule has 7 nitrogen and oxygen atoms in total. The third-order valence-corrected chi connectivity index (χ3v) is 12.6. The van der Waals surface area contributed by atoms with Gasteiger partial charge in [0.05, 0.1) is 10.8 Å². The monoisotopic (exact) mass is 506 g/mol. The average Bonchev–Trinajstić information content (AvgIpc) is 2.75. The Morgan fingerprint density at radius 2 is 1.74 bits per heavy atom. The van der Waals surface area contributed by atoms with Crippen LogP contribution < -0.4 is 4.90 Å². The molecule has 0 heterocycles. The lowest BCUT2D eigenvalue weighted by molar-refractivity contribution is -0.384. The molecule has 1 saturated carbocycles. The molecule has 1 aliphatic rings. The summed E-state index contributed by atoms with van der Waals surface area (Å²) < 4.78 is 6.67. The van der Waals surface area contributed by atoms with Crippen LogP contribution in [-0.2, 0) is 9.22 Å². The van der Waals surface area contributed by atoms with Crippen molar-refractivity contribution in [3.8, 4) is 0 Å². The number of anilines is 1. The predicted octanol–water partition coefficient (Wildman–Crippen LogP) is 7.21. The molecule has 2 unspecified atom stereocenters. The summed E-state index contributed by atoms with van der Waals surface area (Å²) in [6.45, 7) is 19.8. The second-order valence-corrected chi connectivity index (χ2v) is 17.0. The molecule has 1 aromatic carbocycles. The van der Waals surface area contributed by atoms with Crippen molar-refractivity contribution in [2.24, 2.45) is 11.8 Å². The van der Waals surface area contributed by atoms with Gasteiger partial charge in [0.25, 0.3) is 5.69 Å². The Labute approximate surface area is 212 Å². The van der Waals surface area contributed by atoms with Gasteiger partial charge in [-0.2, -0.15) is 0 Å². The number of carboxylic acid groups (broad SMARTS) is 1. The minimum absolute atomic E-state index is 0.0623. The van der Waals surface area contributed by atoms with Crippen molar-refractivity contribution >= 4 is 25.7 Å². The van der Waals surface area contributed by atoms with Crippen LogP contribution in [0, 0.1) is 22.0 Å². The first-order valence-corrected chi connectivity index (χ1v) is 15.9. The molecule has 2 rings (SSSR count). The van der Waals surface area contributed by atoms with Gasteiger partial charge < -0.3 is 14.4 Å². The van der Waals surface area contributed by atoms with Gasteiger partial charge in [-0.1, -0.05) is 54.5 Å². The molecule has 0 aromatic heterocycles. The van der Waals surface area contributed by atoms with E-state index >= 15 is 0 Å². The van der Waals surface area contributed by atoms with Gasteiger partial charge in [-0.05, 0) is 67.3 Å². The molecule has 0 aliphatic heterocycles. The molecule has 0 saturated heterocycles. The zero-order chi connectivity index (χ0) is 26.7. The van der Waals surface area contributed by atoms with E-state index in [-0.39, 0.29) is 33.7 Å². The van der Waals surface area contributed by atoms with E-state index in [0.717, 1.165) is 32.2 Å². The van der Waals surface area contributed by atoms with E-state index in [1.165, 1.54) is 0 Å². The van der Waals surface area contributed by atoms with Gasteiger partial charge in [-0.3, -0.25) is 14.9 Å². The first kappa shape index (κ1) is 29.3. The third kappa shape index (κ3) is 7.29. The summed E-state index contributed by atoms with van der Waals surface area (Å²) in [7, 11) is -1.83. The van der Waals surface area contributed by atoms with Gasteiger partial charge in [0.2, 0.25) is 0 Å². The van der Waals surface area contributed by atoms with E-state index in [9.17, 15) is 20.0 Å². The number of carbonyl (C=O) groups is 1. The van der Waals surface area contributed by atoms with Gasteiger partial charge in [0, 0.05) is 24.8 Å². The third-order valence-electron chi connectivity index (χ3n) is 8.08. The Morgan fingerprint density at radius 1 is 1.17 bits per heavy atom. The summed E-state index contributed by atoms with van der Waals surface area (Å²) >= 11 is 0. The highest BCUT2D eigenvalue weighted by Gasteiger charge is 2.40. The lowest BCUT2D eigenvalue weighted by Gasteiger charge is -2.43. The molecular formula is C27H46N2O5Si. The van der Waals surface area contributed by atoms with Crippen LogP contribution >= 0.6 is 0 Å². The second kappa shape index (κ2) is 11.4. The molecule has 0 amide bonds. The van der Waals surface area contributed by atoms with E-state index in [1.54, 1.807) is 13.0 Å². The molecule has 0 radical (unpaired) electrons. The van der Waals surface area contributed by atoms with E-state index in [1.807, 2.05) is 19.1 Å². The number of nitro groups is 1. The highest BCUT2D eigenvalue weighted by Crippen LogP contribution is 2.41. The van der Waals surface area contributed by atoms with Crippen LogP contribution in [0.25, 0.3) is 0 Å². The lowest BCUT2D eigenvalue weighted by Crippen LogP contribution is -2.47. The zero-order valence-electron chi connectivity index (χ0n) is 23.1. The van der Waals surface area contributed by atoms with Crippen molar-refractivity contribution in [2.45, 2.75) is 110 Å². The van der Waals surface area contributed by atoms with Crippen molar-refractivity contribution in [1.29, 1.82) is 0 Å². The van der Waals surface area contributed by atoms with Crippen LogP contribution in [0.2, 0.25) is 18.1 Å². The molecule has 35 heavy (non-hydrogen) atoms. The van der Waals surface area contributed by atoms with Crippen molar-refractivity contribution in [3.63, 3.8) is 0 Å². The maximum atomic E-state index is 12.1. The summed E-state index contributed by atoms with van der Waals surface area (Å²) in [5.74, 6) is -1.49. The summed E-state index contributed by atoms with van der Waals surface area (Å²) in [6.07, 6.45) is 4.06. The molecule has 8 heteroatoms. The highest BCUT2D eigenvalue weighted by atomic mass is 28.4. The van der Waals surface area contributed by atoms with E-state index in [2.05, 4.69) is 52.6 Å². The number of carboxylic acids is 1. The number of hydrogen-bond acceptors (Lipinski definition) is 5. The van der Waals surface area contributed by atoms with Crippen LogP contribution in [0.4, 0.5) is 11.4 Å². The normalized spacial score (nSPS) is 21.0. The van der Waals surface area contributed by atoms with Crippen LogP contribution in [0.15, 0.2) is 18.2 Å². The molecule has 0 spiro atoms. The fraction of sp³-hybridized carbons (Fsp3) is 0.741. The van der Waals surface area contributed by atoms with Crippen LogP contribution in [0.5, 0.6) is 0 Å². The van der Waals surface area contributed by atoms with Crippen LogP contribution in [0.3, 0.4) is 0 Å². The Balaban J connectivity index is 2.29. The minimum Gasteiger partial charge on any atom is -0.481 e. The number of benzene rings is 1. The van der Waals surface area contributed by atoms with Gasteiger partial charge in [0.1, 0.15) is 5.69 Å². The second-order valence-electron chi connectivity index (χ2n) is 12.3. The SMILES string of the molecule is CC(C)CN(c1ccc(C(C)C(C)C(=O)O)cc1[N+](=O)[O-])C1CCC(O[Si](C)(C)C(C)(C)C)CC1. The predicted molar refractivity (Wildman–Crippen MR) is 145 cm³/mol. The zero-order valence-corrected chi connectivity index (χ0v) is 24.1. The van der Waals surface area contributed by atoms with Crippen LogP contribution in [0.1, 0.15) is 85.6 Å². The van der Waals surface area contributed by atoms with Gasteiger partial charge in [-0.25, -0.2) is 0 Å². The Kier molecular flexibility index (Phi) is 9.56. The summed E-state index contributed by atoms with van der Waals surface area (Å²) in [5, 5.41) is 21.7. The van der Waals surface area contributed by atoms with E-state index < -0.39 is 20.2 Å². The smallest absolute Gasteiger partial charge is 0.306 e. The van der Waals surface area contributed by atoms with Crippen molar-refractivity contribution < 1.29 is 19.3 Å². The molecule has 1 aromatic rings. The number of nitrogens with zero attached hydrogens (tertiary/aromatic N) is 2. The topological polar surface area (TPSA) is 92.9 Å². The molecule has 1 aliphatic carbocycles. The van der Waals surface area contributed by atoms with Crippen molar-refractivity contribution in [1.82, 2.24) is 0 Å². The molecule has 2 atom stereocenters. The number of rotatable bonds is 10.